The summed E-state index contributed by atoms with van der Waals surface area (Å²) in [6.07, 6.45) is -0.257. The van der Waals surface area contributed by atoms with Crippen LogP contribution < -0.4 is 0 Å². The van der Waals surface area contributed by atoms with Crippen molar-refractivity contribution in [2.24, 2.45) is 0 Å². The Kier molecular flexibility index (Phi) is 9.67. The Bertz CT molecular complexity index is 965. The third kappa shape index (κ3) is 7.38. The first-order chi connectivity index (χ1) is 14.5. The van der Waals surface area contributed by atoms with Crippen molar-refractivity contribution in [2.75, 3.05) is 27.2 Å². The van der Waals surface area contributed by atoms with Crippen molar-refractivity contribution in [2.45, 2.75) is 6.42 Å². The van der Waals surface area contributed by atoms with Gasteiger partial charge in [0.05, 0.1) is 29.6 Å². The summed E-state index contributed by atoms with van der Waals surface area (Å²) in [5.74, 6) is -0.568. The van der Waals surface area contributed by atoms with Gasteiger partial charge in [0.1, 0.15) is 9.98 Å². The van der Waals surface area contributed by atoms with Gasteiger partial charge in [-0.05, 0) is 36.4 Å². The van der Waals surface area contributed by atoms with E-state index >= 15 is 0 Å². The second-order valence-corrected chi connectivity index (χ2v) is 9.29. The summed E-state index contributed by atoms with van der Waals surface area (Å²) in [5.41, 5.74) is 1.10. The predicted molar refractivity (Wildman–Crippen MR) is 136 cm³/mol. The standard InChI is InChI=1S/C21H18Cl4N2O2S2/c1-26(20(30)16-7-12(22)3-5-18(16)24)10-14(28)9-15(29)11-27(2)21(31)17-8-13(23)4-6-19(17)25/h3-8H,9-11H2,1-2H3. The molecule has 0 bridgehead atoms. The molecule has 2 aromatic rings. The van der Waals surface area contributed by atoms with Crippen LogP contribution in [0, 0.1) is 0 Å². The predicted octanol–water partition coefficient (Wildman–Crippen LogP) is 5.74. The van der Waals surface area contributed by atoms with Gasteiger partial charge in [-0.3, -0.25) is 9.59 Å². The molecule has 0 aliphatic carbocycles. The van der Waals surface area contributed by atoms with E-state index in [4.69, 9.17) is 70.8 Å². The lowest BCUT2D eigenvalue weighted by Gasteiger charge is -2.22. The van der Waals surface area contributed by atoms with Gasteiger partial charge in [-0.25, -0.2) is 0 Å². The lowest BCUT2D eigenvalue weighted by Crippen LogP contribution is -2.35. The zero-order valence-corrected chi connectivity index (χ0v) is 21.3. The number of carbonyl (C=O) groups excluding carboxylic acids is 2. The Morgan fingerprint density at radius 3 is 1.45 bits per heavy atom. The highest BCUT2D eigenvalue weighted by atomic mass is 35.5. The van der Waals surface area contributed by atoms with Crippen LogP contribution >= 0.6 is 70.8 Å². The number of Topliss-reactive ketones (excluding diaryl/α,β-unsaturated/α-hetero) is 2. The van der Waals surface area contributed by atoms with Crippen molar-refractivity contribution in [3.05, 3.63) is 67.6 Å². The number of thiocarbonyl (C=S) groups is 2. The number of halogens is 4. The van der Waals surface area contributed by atoms with Crippen molar-refractivity contribution < 1.29 is 9.59 Å². The van der Waals surface area contributed by atoms with Crippen LogP contribution in [0.15, 0.2) is 36.4 Å². The number of carbonyl (C=O) groups is 2. The molecule has 0 fully saturated rings. The molecule has 0 spiro atoms. The van der Waals surface area contributed by atoms with Crippen molar-refractivity contribution in [3.8, 4) is 0 Å². The lowest BCUT2D eigenvalue weighted by molar-refractivity contribution is -0.127. The summed E-state index contributed by atoms with van der Waals surface area (Å²) in [5, 5.41) is 1.82. The van der Waals surface area contributed by atoms with Crippen LogP contribution in [0.3, 0.4) is 0 Å². The van der Waals surface area contributed by atoms with Gasteiger partial charge in [0.2, 0.25) is 0 Å². The van der Waals surface area contributed by atoms with E-state index in [2.05, 4.69) is 0 Å². The fourth-order valence-electron chi connectivity index (χ4n) is 2.74. The highest BCUT2D eigenvalue weighted by molar-refractivity contribution is 7.81. The van der Waals surface area contributed by atoms with Crippen LogP contribution in [0.2, 0.25) is 20.1 Å². The summed E-state index contributed by atoms with van der Waals surface area (Å²) < 4.78 is 0. The van der Waals surface area contributed by atoms with Crippen LogP contribution in [-0.2, 0) is 9.59 Å². The molecule has 2 rings (SSSR count). The summed E-state index contributed by atoms with van der Waals surface area (Å²) in [7, 11) is 3.31. The van der Waals surface area contributed by atoms with E-state index in [0.29, 0.717) is 41.2 Å². The van der Waals surface area contributed by atoms with E-state index in [1.165, 1.54) is 0 Å². The lowest BCUT2D eigenvalue weighted by atomic mass is 10.1. The van der Waals surface area contributed by atoms with Crippen LogP contribution in [0.5, 0.6) is 0 Å². The first-order valence-electron chi connectivity index (χ1n) is 8.94. The van der Waals surface area contributed by atoms with Crippen molar-refractivity contribution in [1.82, 2.24) is 9.80 Å². The van der Waals surface area contributed by atoms with E-state index in [1.54, 1.807) is 60.3 Å². The fourth-order valence-corrected chi connectivity index (χ4v) is 4.08. The maximum Gasteiger partial charge on any atom is 0.159 e. The highest BCUT2D eigenvalue weighted by Gasteiger charge is 2.19. The summed E-state index contributed by atoms with van der Waals surface area (Å²) in [4.78, 5) is 28.6. The van der Waals surface area contributed by atoms with Crippen LogP contribution in [0.25, 0.3) is 0 Å². The van der Waals surface area contributed by atoms with Crippen LogP contribution in [-0.4, -0.2) is 58.5 Å². The van der Waals surface area contributed by atoms with Gasteiger partial charge in [0, 0.05) is 35.3 Å². The third-order valence-corrected chi connectivity index (χ3v) is 6.42. The molecular weight excluding hydrogens is 518 g/mol. The molecule has 31 heavy (non-hydrogen) atoms. The second-order valence-electron chi connectivity index (χ2n) is 6.82. The maximum atomic E-state index is 12.4. The Balaban J connectivity index is 1.93. The average molecular weight is 536 g/mol. The molecule has 0 unspecified atom stereocenters. The topological polar surface area (TPSA) is 40.6 Å². The Hall–Kier alpha value is -1.28. The smallest absolute Gasteiger partial charge is 0.159 e. The first kappa shape index (κ1) is 26.0. The monoisotopic (exact) mass is 534 g/mol. The SMILES string of the molecule is CN(CC(=O)CC(=O)CN(C)C(=S)c1cc(Cl)ccc1Cl)C(=S)c1cc(Cl)ccc1Cl. The largest absolute Gasteiger partial charge is 0.358 e. The van der Waals surface area contributed by atoms with Crippen LogP contribution in [0.4, 0.5) is 0 Å². The van der Waals surface area contributed by atoms with E-state index in [-0.39, 0.29) is 31.1 Å². The van der Waals surface area contributed by atoms with E-state index in [0.717, 1.165) is 0 Å². The first-order valence-corrected chi connectivity index (χ1v) is 11.3. The number of hydrogen-bond acceptors (Lipinski definition) is 4. The quantitative estimate of drug-likeness (QED) is 0.317. The number of likely N-dealkylation sites (N-methyl/N-ethyl adjacent to an activating group) is 2. The number of hydrogen-bond donors (Lipinski definition) is 0. The molecule has 0 aliphatic heterocycles. The Labute approximate surface area is 212 Å². The second kappa shape index (κ2) is 11.5. The molecule has 0 saturated carbocycles. The number of rotatable bonds is 8. The number of ketones is 2. The van der Waals surface area contributed by atoms with Gasteiger partial charge in [-0.2, -0.15) is 0 Å². The molecule has 0 atom stereocenters. The number of benzene rings is 2. The third-order valence-electron chi connectivity index (χ3n) is 4.23. The molecule has 4 nitrogen and oxygen atoms in total. The van der Waals surface area contributed by atoms with E-state index in [9.17, 15) is 9.59 Å². The minimum atomic E-state index is -0.284. The van der Waals surface area contributed by atoms with Gasteiger partial charge < -0.3 is 9.80 Å². The van der Waals surface area contributed by atoms with Gasteiger partial charge in [0.15, 0.2) is 11.6 Å². The van der Waals surface area contributed by atoms with Crippen LogP contribution in [0.1, 0.15) is 17.5 Å². The molecule has 0 saturated heterocycles. The molecule has 0 amide bonds. The maximum absolute atomic E-state index is 12.4. The Morgan fingerprint density at radius 1 is 0.742 bits per heavy atom. The van der Waals surface area contributed by atoms with Crippen molar-refractivity contribution in [3.63, 3.8) is 0 Å². The summed E-state index contributed by atoms with van der Waals surface area (Å²) >= 11 is 35.1. The fraction of sp³-hybridized carbons (Fsp3) is 0.238. The average Bonchev–Trinajstić information content (AvgIpc) is 2.70. The minimum Gasteiger partial charge on any atom is -0.358 e. The van der Waals surface area contributed by atoms with Gasteiger partial charge in [0.25, 0.3) is 0 Å². The Morgan fingerprint density at radius 2 is 1.10 bits per heavy atom. The number of nitrogens with zero attached hydrogens (tertiary/aromatic N) is 2. The van der Waals surface area contributed by atoms with E-state index < -0.39 is 0 Å². The molecule has 0 radical (unpaired) electrons. The minimum absolute atomic E-state index is 0.0400. The summed E-state index contributed by atoms with van der Waals surface area (Å²) in [6.45, 7) is -0.0800. The summed E-state index contributed by atoms with van der Waals surface area (Å²) in [6, 6.07) is 9.84. The van der Waals surface area contributed by atoms with Crippen molar-refractivity contribution >= 4 is 92.4 Å². The molecule has 0 heterocycles. The van der Waals surface area contributed by atoms with Crippen molar-refractivity contribution in [1.29, 1.82) is 0 Å². The van der Waals surface area contributed by atoms with E-state index in [1.807, 2.05) is 0 Å². The zero-order valence-electron chi connectivity index (χ0n) is 16.6. The van der Waals surface area contributed by atoms with Gasteiger partial charge in [-0.15, -0.1) is 0 Å². The zero-order chi connectivity index (χ0) is 23.3. The molecular formula is C21H18Cl4N2O2S2. The molecule has 0 aromatic heterocycles. The molecule has 10 heteroatoms. The molecule has 164 valence electrons. The highest BCUT2D eigenvalue weighted by Crippen LogP contribution is 2.23. The van der Waals surface area contributed by atoms with Gasteiger partial charge >= 0.3 is 0 Å². The molecule has 2 aromatic carbocycles. The molecule has 0 aliphatic rings. The molecule has 0 N–H and O–H groups in total. The van der Waals surface area contributed by atoms with Gasteiger partial charge in [-0.1, -0.05) is 70.8 Å². The normalized spacial score (nSPS) is 10.5.